The van der Waals surface area contributed by atoms with Crippen molar-refractivity contribution in [2.75, 3.05) is 0 Å². The number of halogens is 2. The van der Waals surface area contributed by atoms with Crippen LogP contribution in [0.25, 0.3) is 11.4 Å². The molecular formula is C14H10Cl2N4OS. The molecule has 3 rings (SSSR count). The maximum Gasteiger partial charge on any atom is 0.216 e. The van der Waals surface area contributed by atoms with Gasteiger partial charge >= 0.3 is 0 Å². The van der Waals surface area contributed by atoms with Gasteiger partial charge in [0.1, 0.15) is 11.5 Å². The van der Waals surface area contributed by atoms with Gasteiger partial charge in [-0.05, 0) is 49.5 Å². The van der Waals surface area contributed by atoms with Gasteiger partial charge in [0.15, 0.2) is 5.82 Å². The van der Waals surface area contributed by atoms with Crippen molar-refractivity contribution >= 4 is 41.6 Å². The minimum atomic E-state index is 0.348. The van der Waals surface area contributed by atoms with E-state index < -0.39 is 0 Å². The molecular weight excluding hydrogens is 343 g/mol. The largest absolute Gasteiger partial charge is 0.460 e. The third-order valence-electron chi connectivity index (χ3n) is 2.88. The molecule has 2 heterocycles. The van der Waals surface area contributed by atoms with Crippen molar-refractivity contribution in [1.29, 1.82) is 0 Å². The molecule has 0 saturated carbocycles. The third kappa shape index (κ3) is 2.99. The molecule has 3 aromatic rings. The van der Waals surface area contributed by atoms with Gasteiger partial charge in [0.25, 0.3) is 0 Å². The summed E-state index contributed by atoms with van der Waals surface area (Å²) >= 11 is 17.3. The van der Waals surface area contributed by atoms with Gasteiger partial charge in [-0.2, -0.15) is 14.9 Å². The minimum Gasteiger partial charge on any atom is -0.460 e. The Bertz CT molecular complexity index is 910. The molecule has 0 fully saturated rings. The summed E-state index contributed by atoms with van der Waals surface area (Å²) in [5.74, 6) is 1.91. The molecule has 0 bridgehead atoms. The molecule has 1 N–H and O–H groups in total. The average molecular weight is 353 g/mol. The molecule has 2 aromatic heterocycles. The van der Waals surface area contributed by atoms with E-state index in [9.17, 15) is 0 Å². The first-order chi connectivity index (χ1) is 10.5. The summed E-state index contributed by atoms with van der Waals surface area (Å²) in [6, 6.07) is 8.80. The average Bonchev–Trinajstić information content (AvgIpc) is 3.03. The molecule has 0 radical (unpaired) electrons. The lowest BCUT2D eigenvalue weighted by atomic mass is 10.2. The van der Waals surface area contributed by atoms with E-state index in [0.29, 0.717) is 32.0 Å². The van der Waals surface area contributed by atoms with Crippen molar-refractivity contribution in [1.82, 2.24) is 14.9 Å². The molecule has 0 saturated heterocycles. The van der Waals surface area contributed by atoms with Crippen LogP contribution < -0.4 is 0 Å². The molecule has 0 unspecified atom stereocenters. The highest BCUT2D eigenvalue weighted by Gasteiger charge is 2.12. The number of furan rings is 1. The van der Waals surface area contributed by atoms with Crippen LogP contribution in [-0.4, -0.2) is 21.1 Å². The zero-order chi connectivity index (χ0) is 15.7. The number of benzene rings is 1. The highest BCUT2D eigenvalue weighted by atomic mass is 35.5. The summed E-state index contributed by atoms with van der Waals surface area (Å²) in [6.07, 6.45) is 1.56. The van der Waals surface area contributed by atoms with Crippen molar-refractivity contribution in [3.8, 4) is 11.4 Å². The van der Waals surface area contributed by atoms with Crippen molar-refractivity contribution in [3.05, 3.63) is 56.7 Å². The fourth-order valence-corrected chi connectivity index (χ4v) is 2.55. The molecule has 5 nitrogen and oxygen atoms in total. The van der Waals surface area contributed by atoms with E-state index in [2.05, 4.69) is 15.3 Å². The van der Waals surface area contributed by atoms with Gasteiger partial charge in [-0.1, -0.05) is 23.2 Å². The quantitative estimate of drug-likeness (QED) is 0.549. The van der Waals surface area contributed by atoms with Crippen LogP contribution in [0.3, 0.4) is 0 Å². The van der Waals surface area contributed by atoms with E-state index in [0.717, 1.165) is 5.76 Å². The Morgan fingerprint density at radius 1 is 1.32 bits per heavy atom. The highest BCUT2D eigenvalue weighted by molar-refractivity contribution is 7.71. The predicted molar refractivity (Wildman–Crippen MR) is 89.3 cm³/mol. The van der Waals surface area contributed by atoms with Gasteiger partial charge in [0, 0.05) is 10.6 Å². The van der Waals surface area contributed by atoms with Gasteiger partial charge in [0.2, 0.25) is 4.77 Å². The summed E-state index contributed by atoms with van der Waals surface area (Å²) in [6.45, 7) is 1.86. The van der Waals surface area contributed by atoms with Crippen LogP contribution in [0.1, 0.15) is 11.5 Å². The van der Waals surface area contributed by atoms with Crippen molar-refractivity contribution < 1.29 is 4.42 Å². The van der Waals surface area contributed by atoms with E-state index in [-0.39, 0.29) is 0 Å². The Kier molecular flexibility index (Phi) is 4.15. The Labute approximate surface area is 141 Å². The van der Waals surface area contributed by atoms with Crippen molar-refractivity contribution in [3.63, 3.8) is 0 Å². The molecule has 0 spiro atoms. The Morgan fingerprint density at radius 2 is 2.14 bits per heavy atom. The number of hydrogen-bond acceptors (Lipinski definition) is 4. The summed E-state index contributed by atoms with van der Waals surface area (Å²) in [5, 5.41) is 12.2. The second-order valence-corrected chi connectivity index (χ2v) is 5.71. The molecule has 22 heavy (non-hydrogen) atoms. The van der Waals surface area contributed by atoms with Gasteiger partial charge in [-0.3, -0.25) is 0 Å². The fourth-order valence-electron chi connectivity index (χ4n) is 1.88. The van der Waals surface area contributed by atoms with Gasteiger partial charge in [-0.25, -0.2) is 5.10 Å². The lowest BCUT2D eigenvalue weighted by Crippen LogP contribution is -1.95. The summed E-state index contributed by atoms with van der Waals surface area (Å²) in [7, 11) is 0. The number of rotatable bonds is 3. The van der Waals surface area contributed by atoms with Gasteiger partial charge < -0.3 is 4.42 Å². The van der Waals surface area contributed by atoms with Crippen LogP contribution >= 0.6 is 35.4 Å². The number of hydrogen-bond donors (Lipinski definition) is 1. The molecule has 8 heteroatoms. The number of aryl methyl sites for hydroxylation is 1. The maximum absolute atomic E-state index is 6.21. The zero-order valence-corrected chi connectivity index (χ0v) is 13.7. The smallest absolute Gasteiger partial charge is 0.216 e. The normalized spacial score (nSPS) is 11.4. The third-order valence-corrected chi connectivity index (χ3v) is 3.70. The standard InChI is InChI=1S/C14H10Cl2N4OS/c1-8-2-4-10(21-8)7-17-20-13(18-19-14(20)22)11-5-3-9(15)6-12(11)16/h2-7H,1H3,(H,19,22)/b17-7-. The Morgan fingerprint density at radius 3 is 2.82 bits per heavy atom. The second kappa shape index (κ2) is 6.08. The molecule has 112 valence electrons. The van der Waals surface area contributed by atoms with Crippen LogP contribution in [0.5, 0.6) is 0 Å². The SMILES string of the molecule is Cc1ccc(/C=N\n2c(-c3ccc(Cl)cc3Cl)n[nH]c2=S)o1. The second-order valence-electron chi connectivity index (χ2n) is 4.48. The van der Waals surface area contributed by atoms with E-state index >= 15 is 0 Å². The predicted octanol–water partition coefficient (Wildman–Crippen LogP) is 4.70. The summed E-state index contributed by atoms with van der Waals surface area (Å²) in [4.78, 5) is 0. The van der Waals surface area contributed by atoms with Crippen molar-refractivity contribution in [2.24, 2.45) is 5.10 Å². The van der Waals surface area contributed by atoms with Crippen LogP contribution in [0, 0.1) is 11.7 Å². The van der Waals surface area contributed by atoms with Gasteiger partial charge in [0.05, 0.1) is 11.2 Å². The van der Waals surface area contributed by atoms with Crippen LogP contribution in [-0.2, 0) is 0 Å². The van der Waals surface area contributed by atoms with Crippen molar-refractivity contribution in [2.45, 2.75) is 6.92 Å². The fraction of sp³-hybridized carbons (Fsp3) is 0.0714. The Hall–Kier alpha value is -1.89. The number of aromatic nitrogens is 3. The topological polar surface area (TPSA) is 59.1 Å². The van der Waals surface area contributed by atoms with E-state index in [4.69, 9.17) is 39.8 Å². The molecule has 0 amide bonds. The molecule has 0 aliphatic rings. The van der Waals surface area contributed by atoms with E-state index in [1.165, 1.54) is 4.68 Å². The molecule has 0 aliphatic carbocycles. The van der Waals surface area contributed by atoms with E-state index in [1.54, 1.807) is 24.4 Å². The monoisotopic (exact) mass is 352 g/mol. The lowest BCUT2D eigenvalue weighted by molar-refractivity contribution is 0.527. The highest BCUT2D eigenvalue weighted by Crippen LogP contribution is 2.29. The molecule has 1 aromatic carbocycles. The van der Waals surface area contributed by atoms with E-state index in [1.807, 2.05) is 19.1 Å². The minimum absolute atomic E-state index is 0.348. The summed E-state index contributed by atoms with van der Waals surface area (Å²) in [5.41, 5.74) is 0.672. The molecule has 0 atom stereocenters. The number of aromatic amines is 1. The molecule has 0 aliphatic heterocycles. The van der Waals surface area contributed by atoms with Crippen LogP contribution in [0.4, 0.5) is 0 Å². The lowest BCUT2D eigenvalue weighted by Gasteiger charge is -2.03. The first kappa shape index (κ1) is 15.0. The summed E-state index contributed by atoms with van der Waals surface area (Å²) < 4.78 is 7.26. The number of nitrogens with zero attached hydrogens (tertiary/aromatic N) is 3. The first-order valence-corrected chi connectivity index (χ1v) is 7.44. The van der Waals surface area contributed by atoms with Crippen LogP contribution in [0.2, 0.25) is 10.0 Å². The van der Waals surface area contributed by atoms with Crippen LogP contribution in [0.15, 0.2) is 39.9 Å². The maximum atomic E-state index is 6.21. The van der Waals surface area contributed by atoms with Gasteiger partial charge in [-0.15, -0.1) is 0 Å². The number of nitrogens with one attached hydrogen (secondary N) is 1. The Balaban J connectivity index is 2.04. The number of H-pyrrole nitrogens is 1. The zero-order valence-electron chi connectivity index (χ0n) is 11.4. The first-order valence-electron chi connectivity index (χ1n) is 6.28.